The highest BCUT2D eigenvalue weighted by molar-refractivity contribution is 7.09. The van der Waals surface area contributed by atoms with Crippen LogP contribution >= 0.6 is 11.3 Å². The van der Waals surface area contributed by atoms with Crippen LogP contribution in [-0.2, 0) is 11.2 Å². The van der Waals surface area contributed by atoms with Crippen molar-refractivity contribution in [2.75, 3.05) is 34.2 Å². The Bertz CT molecular complexity index is 351. The second-order valence-electron chi connectivity index (χ2n) is 4.69. The van der Waals surface area contributed by atoms with Crippen molar-refractivity contribution >= 4 is 17.2 Å². The Morgan fingerprint density at radius 2 is 2.17 bits per heavy atom. The van der Waals surface area contributed by atoms with Crippen LogP contribution in [-0.4, -0.2) is 56.0 Å². The fourth-order valence-electron chi connectivity index (χ4n) is 1.73. The largest absolute Gasteiger partial charge is 0.349 e. The van der Waals surface area contributed by atoms with Crippen LogP contribution in [0.2, 0.25) is 0 Å². The minimum absolute atomic E-state index is 0.125. The van der Waals surface area contributed by atoms with Crippen molar-refractivity contribution in [1.82, 2.24) is 9.80 Å². The SMILES string of the molecule is CN(C)C(=O)CC(CN)N(C)CCc1cccs1. The summed E-state index contributed by atoms with van der Waals surface area (Å²) in [4.78, 5) is 16.9. The molecule has 0 saturated heterocycles. The predicted octanol–water partition coefficient (Wildman–Crippen LogP) is 1.03. The Balaban J connectivity index is 2.41. The Morgan fingerprint density at radius 3 is 2.67 bits per heavy atom. The molecule has 0 bridgehead atoms. The highest BCUT2D eigenvalue weighted by atomic mass is 32.1. The van der Waals surface area contributed by atoms with E-state index in [1.54, 1.807) is 30.3 Å². The van der Waals surface area contributed by atoms with Crippen LogP contribution in [0, 0.1) is 0 Å². The van der Waals surface area contributed by atoms with E-state index in [-0.39, 0.29) is 11.9 Å². The van der Waals surface area contributed by atoms with Gasteiger partial charge in [0.2, 0.25) is 5.91 Å². The first-order valence-electron chi connectivity index (χ1n) is 6.17. The molecule has 5 heteroatoms. The first kappa shape index (κ1) is 15.1. The van der Waals surface area contributed by atoms with Crippen molar-refractivity contribution in [3.05, 3.63) is 22.4 Å². The third-order valence-electron chi connectivity index (χ3n) is 3.10. The van der Waals surface area contributed by atoms with E-state index < -0.39 is 0 Å². The van der Waals surface area contributed by atoms with Gasteiger partial charge in [0.05, 0.1) is 0 Å². The van der Waals surface area contributed by atoms with Crippen molar-refractivity contribution in [2.24, 2.45) is 5.73 Å². The van der Waals surface area contributed by atoms with E-state index in [1.165, 1.54) is 4.88 Å². The number of carbonyl (C=O) groups excluding carboxylic acids is 1. The second kappa shape index (κ2) is 7.51. The summed E-state index contributed by atoms with van der Waals surface area (Å²) >= 11 is 1.77. The van der Waals surface area contributed by atoms with Gasteiger partial charge in [-0.15, -0.1) is 11.3 Å². The van der Waals surface area contributed by atoms with Crippen LogP contribution in [0.3, 0.4) is 0 Å². The van der Waals surface area contributed by atoms with E-state index in [1.807, 2.05) is 7.05 Å². The van der Waals surface area contributed by atoms with E-state index in [2.05, 4.69) is 22.4 Å². The zero-order valence-corrected chi connectivity index (χ0v) is 12.2. The number of hydrogen-bond acceptors (Lipinski definition) is 4. The number of hydrogen-bond donors (Lipinski definition) is 1. The molecule has 1 unspecified atom stereocenters. The van der Waals surface area contributed by atoms with Gasteiger partial charge in [-0.25, -0.2) is 0 Å². The summed E-state index contributed by atoms with van der Waals surface area (Å²) < 4.78 is 0. The number of thiophene rings is 1. The molecule has 0 saturated carbocycles. The normalized spacial score (nSPS) is 12.7. The lowest BCUT2D eigenvalue weighted by molar-refractivity contribution is -0.129. The number of nitrogens with zero attached hydrogens (tertiary/aromatic N) is 2. The van der Waals surface area contributed by atoms with Gasteiger partial charge >= 0.3 is 0 Å². The van der Waals surface area contributed by atoms with Crippen LogP contribution in [0.15, 0.2) is 17.5 Å². The lowest BCUT2D eigenvalue weighted by atomic mass is 10.1. The molecule has 1 aromatic rings. The van der Waals surface area contributed by atoms with Gasteiger partial charge in [0.25, 0.3) is 0 Å². The molecule has 0 aliphatic rings. The molecule has 4 nitrogen and oxygen atoms in total. The zero-order valence-electron chi connectivity index (χ0n) is 11.4. The monoisotopic (exact) mass is 269 g/mol. The van der Waals surface area contributed by atoms with Gasteiger partial charge in [-0.3, -0.25) is 4.79 Å². The van der Waals surface area contributed by atoms with E-state index in [0.717, 1.165) is 13.0 Å². The van der Waals surface area contributed by atoms with Gasteiger partial charge in [-0.05, 0) is 24.9 Å². The summed E-state index contributed by atoms with van der Waals surface area (Å²) in [7, 11) is 5.59. The molecule has 0 aliphatic heterocycles. The first-order valence-corrected chi connectivity index (χ1v) is 7.05. The lowest BCUT2D eigenvalue weighted by Gasteiger charge is -2.27. The maximum absolute atomic E-state index is 11.7. The van der Waals surface area contributed by atoms with Crippen LogP contribution in [0.1, 0.15) is 11.3 Å². The van der Waals surface area contributed by atoms with Gasteiger partial charge in [0, 0.05) is 44.5 Å². The van der Waals surface area contributed by atoms with E-state index in [0.29, 0.717) is 13.0 Å². The highest BCUT2D eigenvalue weighted by Crippen LogP contribution is 2.11. The molecular formula is C13H23N3OS. The van der Waals surface area contributed by atoms with Gasteiger partial charge in [-0.1, -0.05) is 6.07 Å². The smallest absolute Gasteiger partial charge is 0.223 e. The van der Waals surface area contributed by atoms with Crippen LogP contribution in [0.5, 0.6) is 0 Å². The minimum Gasteiger partial charge on any atom is -0.349 e. The molecule has 1 aromatic heterocycles. The topological polar surface area (TPSA) is 49.6 Å². The molecule has 0 radical (unpaired) electrons. The Hall–Kier alpha value is -0.910. The maximum Gasteiger partial charge on any atom is 0.223 e. The number of rotatable bonds is 7. The molecular weight excluding hydrogens is 246 g/mol. The molecule has 18 heavy (non-hydrogen) atoms. The fourth-order valence-corrected chi connectivity index (χ4v) is 2.43. The van der Waals surface area contributed by atoms with Gasteiger partial charge in [-0.2, -0.15) is 0 Å². The Morgan fingerprint density at radius 1 is 1.44 bits per heavy atom. The van der Waals surface area contributed by atoms with E-state index >= 15 is 0 Å². The van der Waals surface area contributed by atoms with Crippen molar-refractivity contribution in [2.45, 2.75) is 18.9 Å². The summed E-state index contributed by atoms with van der Waals surface area (Å²) in [5, 5.41) is 2.09. The number of likely N-dealkylation sites (N-methyl/N-ethyl adjacent to an activating group) is 1. The van der Waals surface area contributed by atoms with Crippen LogP contribution < -0.4 is 5.73 Å². The predicted molar refractivity (Wildman–Crippen MR) is 76.8 cm³/mol. The molecule has 0 spiro atoms. The number of amides is 1. The molecule has 2 N–H and O–H groups in total. The summed E-state index contributed by atoms with van der Waals surface area (Å²) in [6, 6.07) is 4.33. The molecule has 1 atom stereocenters. The zero-order chi connectivity index (χ0) is 13.5. The summed E-state index contributed by atoms with van der Waals surface area (Å²) in [6.07, 6.45) is 1.51. The summed E-state index contributed by atoms with van der Waals surface area (Å²) in [5.41, 5.74) is 5.76. The first-order chi connectivity index (χ1) is 8.54. The molecule has 1 heterocycles. The number of nitrogens with two attached hydrogens (primary N) is 1. The highest BCUT2D eigenvalue weighted by Gasteiger charge is 2.18. The molecule has 1 amide bonds. The average molecular weight is 269 g/mol. The van der Waals surface area contributed by atoms with Crippen molar-refractivity contribution in [3.8, 4) is 0 Å². The molecule has 102 valence electrons. The van der Waals surface area contributed by atoms with Crippen molar-refractivity contribution in [1.29, 1.82) is 0 Å². The number of carbonyl (C=O) groups is 1. The third-order valence-corrected chi connectivity index (χ3v) is 4.03. The van der Waals surface area contributed by atoms with E-state index in [9.17, 15) is 4.79 Å². The van der Waals surface area contributed by atoms with Gasteiger partial charge in [0.1, 0.15) is 0 Å². The Labute approximate surface area is 113 Å². The standard InChI is InChI=1S/C13H23N3OS/c1-15(2)13(17)9-11(10-14)16(3)7-6-12-5-4-8-18-12/h4-5,8,11H,6-7,9-10,14H2,1-3H3. The maximum atomic E-state index is 11.7. The fraction of sp³-hybridized carbons (Fsp3) is 0.615. The Kier molecular flexibility index (Phi) is 6.32. The van der Waals surface area contributed by atoms with Gasteiger partial charge in [0.15, 0.2) is 0 Å². The lowest BCUT2D eigenvalue weighted by Crippen LogP contribution is -2.42. The molecule has 0 fully saturated rings. The summed E-state index contributed by atoms with van der Waals surface area (Å²) in [6.45, 7) is 1.45. The quantitative estimate of drug-likeness (QED) is 0.804. The van der Waals surface area contributed by atoms with Crippen LogP contribution in [0.4, 0.5) is 0 Å². The van der Waals surface area contributed by atoms with Crippen molar-refractivity contribution < 1.29 is 4.79 Å². The third kappa shape index (κ3) is 4.76. The molecule has 0 aromatic carbocycles. The van der Waals surface area contributed by atoms with Crippen molar-refractivity contribution in [3.63, 3.8) is 0 Å². The van der Waals surface area contributed by atoms with Gasteiger partial charge < -0.3 is 15.5 Å². The molecule has 1 rings (SSSR count). The van der Waals surface area contributed by atoms with E-state index in [4.69, 9.17) is 5.73 Å². The molecule has 0 aliphatic carbocycles. The summed E-state index contributed by atoms with van der Waals surface area (Å²) in [5.74, 6) is 0.133. The average Bonchev–Trinajstić information content (AvgIpc) is 2.85. The minimum atomic E-state index is 0.125. The second-order valence-corrected chi connectivity index (χ2v) is 5.72. The van der Waals surface area contributed by atoms with Crippen LogP contribution in [0.25, 0.3) is 0 Å².